The molecule has 0 heterocycles. The van der Waals surface area contributed by atoms with Crippen molar-refractivity contribution in [1.82, 2.24) is 5.43 Å². The number of benzene rings is 2. The number of hydrazone groups is 1. The molecule has 1 amide bonds. The van der Waals surface area contributed by atoms with Crippen LogP contribution in [-0.4, -0.2) is 12.1 Å². The highest BCUT2D eigenvalue weighted by Gasteiger charge is 2.02. The monoisotopic (exact) mass is 266 g/mol. The molecule has 0 atom stereocenters. The van der Waals surface area contributed by atoms with Gasteiger partial charge in [0.05, 0.1) is 6.21 Å². The highest BCUT2D eigenvalue weighted by Crippen LogP contribution is 2.04. The summed E-state index contributed by atoms with van der Waals surface area (Å²) in [7, 11) is 0. The lowest BCUT2D eigenvalue weighted by molar-refractivity contribution is 0.0955. The fourth-order valence-electron chi connectivity index (χ4n) is 1.77. The molecule has 0 saturated carbocycles. The van der Waals surface area contributed by atoms with Crippen LogP contribution in [0.4, 0.5) is 0 Å². The van der Waals surface area contributed by atoms with Crippen LogP contribution in [0, 0.1) is 6.92 Å². The van der Waals surface area contributed by atoms with E-state index in [-0.39, 0.29) is 5.91 Å². The maximum absolute atomic E-state index is 11.8. The number of nitrogens with zero attached hydrogens (tertiary/aromatic N) is 1. The normalized spacial score (nSPS) is 10.7. The van der Waals surface area contributed by atoms with Crippen LogP contribution < -0.4 is 5.43 Å². The molecule has 2 aromatic carbocycles. The van der Waals surface area contributed by atoms with Crippen molar-refractivity contribution in [1.29, 1.82) is 0 Å². The van der Waals surface area contributed by atoms with Crippen LogP contribution in [0.2, 0.25) is 0 Å². The van der Waals surface area contributed by atoms with Crippen molar-refractivity contribution in [2.75, 3.05) is 0 Å². The Kier molecular flexibility index (Phi) is 4.66. The van der Waals surface area contributed by atoms with E-state index in [2.05, 4.69) is 29.6 Å². The van der Waals surface area contributed by atoms with Crippen LogP contribution in [0.15, 0.2) is 53.6 Å². The molecule has 0 spiro atoms. The molecule has 0 aromatic heterocycles. The Balaban J connectivity index is 1.95. The van der Waals surface area contributed by atoms with Crippen molar-refractivity contribution >= 4 is 12.1 Å². The van der Waals surface area contributed by atoms with Crippen molar-refractivity contribution in [3.05, 3.63) is 70.8 Å². The SMILES string of the molecule is CCc1ccc(/C=N/NC(=O)c2ccc(C)cc2)cc1. The lowest BCUT2D eigenvalue weighted by Gasteiger charge is -2.00. The fraction of sp³-hybridized carbons (Fsp3) is 0.176. The van der Waals surface area contributed by atoms with Gasteiger partial charge in [0.1, 0.15) is 0 Å². The Bertz CT molecular complexity index is 598. The van der Waals surface area contributed by atoms with Gasteiger partial charge in [-0.05, 0) is 36.6 Å². The molecule has 0 aliphatic heterocycles. The zero-order valence-electron chi connectivity index (χ0n) is 11.8. The average molecular weight is 266 g/mol. The molecule has 2 rings (SSSR count). The van der Waals surface area contributed by atoms with Gasteiger partial charge in [-0.3, -0.25) is 4.79 Å². The second kappa shape index (κ2) is 6.66. The first-order chi connectivity index (χ1) is 9.69. The van der Waals surface area contributed by atoms with Gasteiger partial charge in [-0.1, -0.05) is 48.9 Å². The van der Waals surface area contributed by atoms with E-state index in [0.29, 0.717) is 5.56 Å². The van der Waals surface area contributed by atoms with Gasteiger partial charge < -0.3 is 0 Å². The van der Waals surface area contributed by atoms with Crippen molar-refractivity contribution in [2.45, 2.75) is 20.3 Å². The summed E-state index contributed by atoms with van der Waals surface area (Å²) in [5.41, 5.74) is 6.51. The van der Waals surface area contributed by atoms with Gasteiger partial charge in [-0.2, -0.15) is 5.10 Å². The molecule has 3 heteroatoms. The van der Waals surface area contributed by atoms with Crippen molar-refractivity contribution < 1.29 is 4.79 Å². The maximum atomic E-state index is 11.8. The minimum Gasteiger partial charge on any atom is -0.267 e. The molecular weight excluding hydrogens is 248 g/mol. The molecule has 0 fully saturated rings. The summed E-state index contributed by atoms with van der Waals surface area (Å²) in [5.74, 6) is -0.202. The number of rotatable bonds is 4. The van der Waals surface area contributed by atoms with Gasteiger partial charge in [0, 0.05) is 5.56 Å². The number of hydrogen-bond acceptors (Lipinski definition) is 2. The highest BCUT2D eigenvalue weighted by molar-refractivity contribution is 5.94. The Morgan fingerprint density at radius 3 is 2.35 bits per heavy atom. The second-order valence-electron chi connectivity index (χ2n) is 4.66. The number of aryl methyl sites for hydroxylation is 2. The Hall–Kier alpha value is -2.42. The highest BCUT2D eigenvalue weighted by atomic mass is 16.2. The van der Waals surface area contributed by atoms with Crippen LogP contribution in [0.25, 0.3) is 0 Å². The largest absolute Gasteiger partial charge is 0.271 e. The van der Waals surface area contributed by atoms with Crippen LogP contribution in [0.1, 0.15) is 34.0 Å². The van der Waals surface area contributed by atoms with E-state index in [1.807, 2.05) is 31.2 Å². The summed E-state index contributed by atoms with van der Waals surface area (Å²) in [6.07, 6.45) is 2.66. The molecule has 2 aromatic rings. The van der Waals surface area contributed by atoms with Crippen LogP contribution in [-0.2, 0) is 6.42 Å². The van der Waals surface area contributed by atoms with Gasteiger partial charge in [0.25, 0.3) is 5.91 Å². The van der Waals surface area contributed by atoms with Crippen LogP contribution in [0.5, 0.6) is 0 Å². The third-order valence-electron chi connectivity index (χ3n) is 3.08. The summed E-state index contributed by atoms with van der Waals surface area (Å²) in [4.78, 5) is 11.8. The van der Waals surface area contributed by atoms with E-state index in [0.717, 1.165) is 17.5 Å². The Labute approximate surface area is 119 Å². The van der Waals surface area contributed by atoms with E-state index >= 15 is 0 Å². The predicted molar refractivity (Wildman–Crippen MR) is 82.1 cm³/mol. The number of nitrogens with one attached hydrogen (secondary N) is 1. The number of carbonyl (C=O) groups excluding carboxylic acids is 1. The molecule has 0 saturated heterocycles. The van der Waals surface area contributed by atoms with Crippen molar-refractivity contribution in [2.24, 2.45) is 5.10 Å². The second-order valence-corrected chi connectivity index (χ2v) is 4.66. The molecule has 0 aliphatic carbocycles. The molecule has 0 aliphatic rings. The van der Waals surface area contributed by atoms with E-state index in [4.69, 9.17) is 0 Å². The molecule has 0 unspecified atom stereocenters. The van der Waals surface area contributed by atoms with E-state index in [1.54, 1.807) is 18.3 Å². The van der Waals surface area contributed by atoms with Crippen LogP contribution in [0.3, 0.4) is 0 Å². The van der Waals surface area contributed by atoms with E-state index < -0.39 is 0 Å². The van der Waals surface area contributed by atoms with Crippen molar-refractivity contribution in [3.8, 4) is 0 Å². The first-order valence-electron chi connectivity index (χ1n) is 6.68. The third kappa shape index (κ3) is 3.79. The predicted octanol–water partition coefficient (Wildman–Crippen LogP) is 3.32. The first-order valence-corrected chi connectivity index (χ1v) is 6.68. The average Bonchev–Trinajstić information content (AvgIpc) is 2.48. The van der Waals surface area contributed by atoms with Crippen molar-refractivity contribution in [3.63, 3.8) is 0 Å². The quantitative estimate of drug-likeness (QED) is 0.669. The van der Waals surface area contributed by atoms with Gasteiger partial charge in [-0.15, -0.1) is 0 Å². The summed E-state index contributed by atoms with van der Waals surface area (Å²) >= 11 is 0. The lowest BCUT2D eigenvalue weighted by Crippen LogP contribution is -2.17. The fourth-order valence-corrected chi connectivity index (χ4v) is 1.77. The summed E-state index contributed by atoms with van der Waals surface area (Å²) in [6.45, 7) is 4.10. The zero-order valence-corrected chi connectivity index (χ0v) is 11.8. The number of amides is 1. The Morgan fingerprint density at radius 1 is 1.10 bits per heavy atom. The summed E-state index contributed by atoms with van der Waals surface area (Å²) in [5, 5.41) is 3.97. The van der Waals surface area contributed by atoms with Gasteiger partial charge in [0.2, 0.25) is 0 Å². The molecule has 0 bridgehead atoms. The molecule has 102 valence electrons. The summed E-state index contributed by atoms with van der Waals surface area (Å²) < 4.78 is 0. The first kappa shape index (κ1) is 14.0. The minimum absolute atomic E-state index is 0.202. The minimum atomic E-state index is -0.202. The maximum Gasteiger partial charge on any atom is 0.271 e. The number of carbonyl (C=O) groups is 1. The lowest BCUT2D eigenvalue weighted by atomic mass is 10.1. The van der Waals surface area contributed by atoms with Crippen LogP contribution >= 0.6 is 0 Å². The Morgan fingerprint density at radius 2 is 1.75 bits per heavy atom. The smallest absolute Gasteiger partial charge is 0.267 e. The van der Waals surface area contributed by atoms with Gasteiger partial charge in [-0.25, -0.2) is 5.43 Å². The standard InChI is InChI=1S/C17H18N2O/c1-3-14-6-8-15(9-7-14)12-18-19-17(20)16-10-4-13(2)5-11-16/h4-12H,3H2,1-2H3,(H,19,20)/b18-12+. The molecule has 0 radical (unpaired) electrons. The topological polar surface area (TPSA) is 41.5 Å². The summed E-state index contributed by atoms with van der Waals surface area (Å²) in [6, 6.07) is 15.5. The van der Waals surface area contributed by atoms with E-state index in [1.165, 1.54) is 5.56 Å². The zero-order chi connectivity index (χ0) is 14.4. The molecule has 3 nitrogen and oxygen atoms in total. The van der Waals surface area contributed by atoms with Gasteiger partial charge in [0.15, 0.2) is 0 Å². The third-order valence-corrected chi connectivity index (χ3v) is 3.08. The molecule has 20 heavy (non-hydrogen) atoms. The number of hydrogen-bond donors (Lipinski definition) is 1. The van der Waals surface area contributed by atoms with Gasteiger partial charge >= 0.3 is 0 Å². The molecule has 1 N–H and O–H groups in total. The molecular formula is C17H18N2O. The van der Waals surface area contributed by atoms with E-state index in [9.17, 15) is 4.79 Å².